The number of nitrogens with two attached hydrogens (primary N) is 1. The van der Waals surface area contributed by atoms with Crippen LogP contribution in [-0.2, 0) is 0 Å². The molecule has 0 amide bonds. The molecular formula is C18H21N3. The van der Waals surface area contributed by atoms with Crippen LogP contribution in [0.2, 0.25) is 0 Å². The molecule has 3 aliphatic carbocycles. The van der Waals surface area contributed by atoms with Gasteiger partial charge in [0.1, 0.15) is 17.3 Å². The van der Waals surface area contributed by atoms with Crippen molar-refractivity contribution in [2.24, 2.45) is 0 Å². The normalized spacial score (nSPS) is 21.7. The van der Waals surface area contributed by atoms with E-state index in [9.17, 15) is 0 Å². The quantitative estimate of drug-likeness (QED) is 0.910. The zero-order valence-corrected chi connectivity index (χ0v) is 12.3. The highest BCUT2D eigenvalue weighted by Gasteiger charge is 2.36. The van der Waals surface area contributed by atoms with Crippen LogP contribution in [0.4, 0.5) is 5.82 Å². The van der Waals surface area contributed by atoms with E-state index in [0.717, 1.165) is 17.4 Å². The number of hydrogen-bond donors (Lipinski definition) is 1. The molecule has 0 spiro atoms. The number of anilines is 1. The van der Waals surface area contributed by atoms with Gasteiger partial charge in [-0.05, 0) is 56.1 Å². The monoisotopic (exact) mass is 279 g/mol. The molecule has 1 aromatic carbocycles. The van der Waals surface area contributed by atoms with Crippen molar-refractivity contribution in [2.45, 2.75) is 56.4 Å². The number of hydrogen-bond acceptors (Lipinski definition) is 2. The van der Waals surface area contributed by atoms with Crippen LogP contribution >= 0.6 is 0 Å². The van der Waals surface area contributed by atoms with Crippen LogP contribution < -0.4 is 5.73 Å². The summed E-state index contributed by atoms with van der Waals surface area (Å²) >= 11 is 0. The lowest BCUT2D eigenvalue weighted by Crippen LogP contribution is -2.04. The first-order valence-corrected chi connectivity index (χ1v) is 8.29. The van der Waals surface area contributed by atoms with Gasteiger partial charge in [-0.2, -0.15) is 0 Å². The van der Waals surface area contributed by atoms with Gasteiger partial charge < -0.3 is 10.3 Å². The van der Waals surface area contributed by atoms with E-state index in [2.05, 4.69) is 28.8 Å². The molecular weight excluding hydrogens is 258 g/mol. The second kappa shape index (κ2) is 4.12. The summed E-state index contributed by atoms with van der Waals surface area (Å²) in [6.07, 6.45) is 7.77. The maximum atomic E-state index is 6.48. The summed E-state index contributed by atoms with van der Waals surface area (Å²) in [4.78, 5) is 4.96. The number of nitrogen functional groups attached to an aromatic ring is 1. The summed E-state index contributed by atoms with van der Waals surface area (Å²) in [5.74, 6) is 3.59. The average molecular weight is 279 g/mol. The third-order valence-electron chi connectivity index (χ3n) is 5.04. The molecule has 0 saturated heterocycles. The summed E-state index contributed by atoms with van der Waals surface area (Å²) in [6, 6.07) is 9.50. The molecule has 0 unspecified atom stereocenters. The van der Waals surface area contributed by atoms with Crippen LogP contribution in [0.5, 0.6) is 0 Å². The Morgan fingerprint density at radius 3 is 2.43 bits per heavy atom. The van der Waals surface area contributed by atoms with E-state index in [1.54, 1.807) is 0 Å². The SMILES string of the molecule is Nc1c(-c2cccc(C3CC3)c2)nc(C2CC2)n1C1CC1. The summed E-state index contributed by atoms with van der Waals surface area (Å²) in [6.45, 7) is 0. The van der Waals surface area contributed by atoms with Gasteiger partial charge in [-0.25, -0.2) is 4.98 Å². The predicted molar refractivity (Wildman–Crippen MR) is 84.3 cm³/mol. The fourth-order valence-corrected chi connectivity index (χ4v) is 3.38. The number of benzene rings is 1. The van der Waals surface area contributed by atoms with Crippen LogP contribution in [0, 0.1) is 0 Å². The lowest BCUT2D eigenvalue weighted by Gasteiger charge is -2.07. The van der Waals surface area contributed by atoms with E-state index in [0.29, 0.717) is 12.0 Å². The molecule has 0 radical (unpaired) electrons. The van der Waals surface area contributed by atoms with Crippen molar-refractivity contribution >= 4 is 5.82 Å². The Kier molecular flexibility index (Phi) is 2.33. The number of nitrogens with zero attached hydrogens (tertiary/aromatic N) is 2. The number of aromatic nitrogens is 2. The van der Waals surface area contributed by atoms with E-state index < -0.39 is 0 Å². The van der Waals surface area contributed by atoms with Crippen LogP contribution in [0.3, 0.4) is 0 Å². The average Bonchev–Trinajstić information content (AvgIpc) is 3.39. The molecule has 3 saturated carbocycles. The van der Waals surface area contributed by atoms with Gasteiger partial charge in [0.25, 0.3) is 0 Å². The molecule has 0 bridgehead atoms. The van der Waals surface area contributed by atoms with Gasteiger partial charge in [-0.1, -0.05) is 18.2 Å². The first kappa shape index (κ1) is 11.8. The van der Waals surface area contributed by atoms with E-state index >= 15 is 0 Å². The number of rotatable bonds is 4. The molecule has 108 valence electrons. The van der Waals surface area contributed by atoms with Crippen LogP contribution in [0.15, 0.2) is 24.3 Å². The van der Waals surface area contributed by atoms with Gasteiger partial charge >= 0.3 is 0 Å². The highest BCUT2D eigenvalue weighted by Crippen LogP contribution is 2.48. The highest BCUT2D eigenvalue weighted by molar-refractivity contribution is 5.72. The summed E-state index contributed by atoms with van der Waals surface area (Å²) in [5, 5.41) is 0. The second-order valence-electron chi connectivity index (χ2n) is 6.98. The molecule has 1 aromatic heterocycles. The first-order chi connectivity index (χ1) is 10.3. The molecule has 5 rings (SSSR count). The minimum Gasteiger partial charge on any atom is -0.383 e. The molecule has 1 heterocycles. The van der Waals surface area contributed by atoms with Gasteiger partial charge in [-0.15, -0.1) is 0 Å². The smallest absolute Gasteiger partial charge is 0.132 e. The fraction of sp³-hybridized carbons (Fsp3) is 0.500. The fourth-order valence-electron chi connectivity index (χ4n) is 3.38. The minimum atomic E-state index is 0.619. The topological polar surface area (TPSA) is 43.8 Å². The molecule has 3 heteroatoms. The van der Waals surface area contributed by atoms with Gasteiger partial charge in [0.05, 0.1) is 0 Å². The van der Waals surface area contributed by atoms with Gasteiger partial charge in [0.2, 0.25) is 0 Å². The van der Waals surface area contributed by atoms with Crippen LogP contribution in [0.1, 0.15) is 67.8 Å². The lowest BCUT2D eigenvalue weighted by molar-refractivity contribution is 0.691. The minimum absolute atomic E-state index is 0.619. The second-order valence-corrected chi connectivity index (χ2v) is 6.98. The summed E-state index contributed by atoms with van der Waals surface area (Å²) in [5.41, 5.74) is 10.2. The third kappa shape index (κ3) is 1.98. The molecule has 3 nitrogen and oxygen atoms in total. The lowest BCUT2D eigenvalue weighted by atomic mass is 10.1. The standard InChI is InChI=1S/C18H21N3/c19-17-16(14-3-1-2-13(10-14)11-4-5-11)20-18(12-6-7-12)21(17)15-8-9-15/h1-3,10-12,15H,4-9,19H2. The van der Waals surface area contributed by atoms with Crippen LogP contribution in [-0.4, -0.2) is 9.55 Å². The van der Waals surface area contributed by atoms with Gasteiger partial charge in [0, 0.05) is 17.5 Å². The Labute approximate surface area is 125 Å². The Morgan fingerprint density at radius 1 is 1.00 bits per heavy atom. The Bertz CT molecular complexity index is 703. The van der Waals surface area contributed by atoms with E-state index in [4.69, 9.17) is 10.7 Å². The van der Waals surface area contributed by atoms with Gasteiger partial charge in [-0.3, -0.25) is 0 Å². The molecule has 0 aliphatic heterocycles. The first-order valence-electron chi connectivity index (χ1n) is 8.29. The molecule has 2 N–H and O–H groups in total. The largest absolute Gasteiger partial charge is 0.383 e. The molecule has 3 fully saturated rings. The Balaban J connectivity index is 1.61. The number of imidazole rings is 1. The molecule has 3 aliphatic rings. The predicted octanol–water partition coefficient (Wildman–Crippen LogP) is 4.22. The summed E-state index contributed by atoms with van der Waals surface area (Å²) < 4.78 is 2.34. The van der Waals surface area contributed by atoms with Crippen molar-refractivity contribution in [1.82, 2.24) is 9.55 Å². The molecule has 21 heavy (non-hydrogen) atoms. The Hall–Kier alpha value is -1.77. The van der Waals surface area contributed by atoms with Crippen molar-refractivity contribution in [1.29, 1.82) is 0 Å². The van der Waals surface area contributed by atoms with Gasteiger partial charge in [0.15, 0.2) is 0 Å². The zero-order valence-electron chi connectivity index (χ0n) is 12.3. The van der Waals surface area contributed by atoms with E-state index in [1.807, 2.05) is 0 Å². The molecule has 0 atom stereocenters. The van der Waals surface area contributed by atoms with Crippen molar-refractivity contribution in [2.75, 3.05) is 5.73 Å². The maximum Gasteiger partial charge on any atom is 0.132 e. The van der Waals surface area contributed by atoms with E-state index in [-0.39, 0.29) is 0 Å². The third-order valence-corrected chi connectivity index (χ3v) is 5.04. The van der Waals surface area contributed by atoms with Crippen molar-refractivity contribution in [3.63, 3.8) is 0 Å². The maximum absolute atomic E-state index is 6.48. The highest BCUT2D eigenvalue weighted by atomic mass is 15.2. The van der Waals surface area contributed by atoms with Crippen molar-refractivity contribution in [3.05, 3.63) is 35.7 Å². The van der Waals surface area contributed by atoms with Crippen molar-refractivity contribution < 1.29 is 0 Å². The van der Waals surface area contributed by atoms with Crippen LogP contribution in [0.25, 0.3) is 11.3 Å². The summed E-state index contributed by atoms with van der Waals surface area (Å²) in [7, 11) is 0. The zero-order chi connectivity index (χ0) is 14.0. The van der Waals surface area contributed by atoms with E-state index in [1.165, 1.54) is 55.5 Å². The molecule has 2 aromatic rings. The Morgan fingerprint density at radius 2 is 1.76 bits per heavy atom. The van der Waals surface area contributed by atoms with Crippen molar-refractivity contribution in [3.8, 4) is 11.3 Å².